The van der Waals surface area contributed by atoms with Gasteiger partial charge in [-0.25, -0.2) is 9.97 Å². The van der Waals surface area contributed by atoms with Crippen molar-refractivity contribution in [2.24, 2.45) is 0 Å². The zero-order valence-corrected chi connectivity index (χ0v) is 14.7. The molecule has 0 aliphatic rings. The van der Waals surface area contributed by atoms with E-state index in [1.54, 1.807) is 13.0 Å². The summed E-state index contributed by atoms with van der Waals surface area (Å²) in [6.45, 7) is 7.75. The molecule has 0 saturated carbocycles. The third-order valence-electron chi connectivity index (χ3n) is 2.94. The summed E-state index contributed by atoms with van der Waals surface area (Å²) in [7, 11) is 0. The Hall–Kier alpha value is -1.95. The van der Waals surface area contributed by atoms with Gasteiger partial charge in [-0.05, 0) is 51.5 Å². The van der Waals surface area contributed by atoms with E-state index in [2.05, 4.69) is 36.5 Å². The van der Waals surface area contributed by atoms with Gasteiger partial charge in [0.15, 0.2) is 0 Å². The molecule has 0 bridgehead atoms. The van der Waals surface area contributed by atoms with E-state index in [0.29, 0.717) is 17.3 Å². The van der Waals surface area contributed by atoms with Gasteiger partial charge >= 0.3 is 0 Å². The molecule has 2 rings (SSSR count). The van der Waals surface area contributed by atoms with Gasteiger partial charge < -0.3 is 10.6 Å². The van der Waals surface area contributed by atoms with Crippen LogP contribution < -0.4 is 10.6 Å². The van der Waals surface area contributed by atoms with Gasteiger partial charge in [-0.2, -0.15) is 0 Å². The quantitative estimate of drug-likeness (QED) is 0.864. The second kappa shape index (κ2) is 6.87. The van der Waals surface area contributed by atoms with E-state index in [1.165, 1.54) is 0 Å². The van der Waals surface area contributed by atoms with Crippen LogP contribution in [0.4, 0.5) is 11.5 Å². The molecule has 5 nitrogen and oxygen atoms in total. The van der Waals surface area contributed by atoms with Crippen LogP contribution in [0.15, 0.2) is 28.7 Å². The molecular weight excluding hydrogens is 344 g/mol. The Labute approximate surface area is 138 Å². The van der Waals surface area contributed by atoms with Gasteiger partial charge in [0.2, 0.25) is 0 Å². The van der Waals surface area contributed by atoms with Crippen molar-refractivity contribution >= 4 is 33.3 Å². The van der Waals surface area contributed by atoms with E-state index < -0.39 is 0 Å². The van der Waals surface area contributed by atoms with Gasteiger partial charge in [0.25, 0.3) is 5.91 Å². The third-order valence-corrected chi connectivity index (χ3v) is 3.44. The number of hydrogen-bond donors (Lipinski definition) is 2. The van der Waals surface area contributed by atoms with Crippen molar-refractivity contribution in [3.63, 3.8) is 0 Å². The maximum Gasteiger partial charge on any atom is 0.274 e. The number of carbonyl (C=O) groups is 1. The predicted molar refractivity (Wildman–Crippen MR) is 92.4 cm³/mol. The topological polar surface area (TPSA) is 66.9 Å². The number of halogens is 1. The van der Waals surface area contributed by atoms with Crippen molar-refractivity contribution in [1.82, 2.24) is 9.97 Å². The van der Waals surface area contributed by atoms with Gasteiger partial charge in [-0.1, -0.05) is 15.9 Å². The first kappa shape index (κ1) is 16.4. The number of rotatable bonds is 4. The summed E-state index contributed by atoms with van der Waals surface area (Å²) in [5, 5.41) is 6.07. The Morgan fingerprint density at radius 3 is 2.55 bits per heavy atom. The van der Waals surface area contributed by atoms with Crippen LogP contribution in [0.2, 0.25) is 0 Å². The molecule has 1 heterocycles. The largest absolute Gasteiger partial charge is 0.368 e. The summed E-state index contributed by atoms with van der Waals surface area (Å²) in [5.74, 6) is 0.964. The number of aromatic nitrogens is 2. The maximum absolute atomic E-state index is 12.4. The molecule has 1 aromatic carbocycles. The molecule has 0 unspecified atom stereocenters. The smallest absolute Gasteiger partial charge is 0.274 e. The molecule has 1 amide bonds. The lowest BCUT2D eigenvalue weighted by Crippen LogP contribution is -2.18. The first-order valence-corrected chi connectivity index (χ1v) is 7.84. The lowest BCUT2D eigenvalue weighted by molar-refractivity contribution is 0.102. The second-order valence-electron chi connectivity index (χ2n) is 5.40. The molecule has 0 fully saturated rings. The second-order valence-corrected chi connectivity index (χ2v) is 6.31. The number of nitrogens with zero attached hydrogens (tertiary/aromatic N) is 2. The van der Waals surface area contributed by atoms with Gasteiger partial charge in [0.05, 0.1) is 0 Å². The van der Waals surface area contributed by atoms with E-state index in [4.69, 9.17) is 0 Å². The molecule has 1 aromatic heterocycles. The molecule has 6 heteroatoms. The highest BCUT2D eigenvalue weighted by atomic mass is 79.9. The number of amides is 1. The summed E-state index contributed by atoms with van der Waals surface area (Å²) >= 11 is 3.41. The van der Waals surface area contributed by atoms with Gasteiger partial charge in [0.1, 0.15) is 17.3 Å². The molecule has 0 spiro atoms. The zero-order chi connectivity index (χ0) is 16.3. The molecule has 0 atom stereocenters. The highest BCUT2D eigenvalue weighted by molar-refractivity contribution is 9.10. The fourth-order valence-electron chi connectivity index (χ4n) is 2.01. The van der Waals surface area contributed by atoms with Gasteiger partial charge in [-0.3, -0.25) is 4.79 Å². The van der Waals surface area contributed by atoms with Crippen molar-refractivity contribution in [2.75, 3.05) is 10.6 Å². The average Bonchev–Trinajstić information content (AvgIpc) is 2.40. The first-order valence-electron chi connectivity index (χ1n) is 7.05. The highest BCUT2D eigenvalue weighted by Crippen LogP contribution is 2.20. The van der Waals surface area contributed by atoms with Crippen molar-refractivity contribution in [3.8, 4) is 0 Å². The monoisotopic (exact) mass is 362 g/mol. The number of hydrogen-bond acceptors (Lipinski definition) is 4. The standard InChI is InChI=1S/C16H19BrN4O/c1-9(2)18-15-8-14(19-11(4)20-15)16(22)21-13-6-5-12(17)7-10(13)3/h5-9H,1-4H3,(H,21,22)(H,18,19,20). The normalized spacial score (nSPS) is 10.6. The molecule has 116 valence electrons. The number of anilines is 2. The minimum atomic E-state index is -0.247. The van der Waals surface area contributed by atoms with Crippen LogP contribution in [-0.2, 0) is 0 Å². The lowest BCUT2D eigenvalue weighted by Gasteiger charge is -2.12. The number of aryl methyl sites for hydroxylation is 2. The summed E-state index contributed by atoms with van der Waals surface area (Å²) in [6, 6.07) is 7.60. The van der Waals surface area contributed by atoms with Crippen LogP contribution >= 0.6 is 15.9 Å². The summed E-state index contributed by atoms with van der Waals surface area (Å²) in [5.41, 5.74) is 2.09. The summed E-state index contributed by atoms with van der Waals surface area (Å²) in [4.78, 5) is 20.9. The lowest BCUT2D eigenvalue weighted by atomic mass is 10.2. The molecule has 0 aliphatic heterocycles. The van der Waals surface area contributed by atoms with Crippen LogP contribution in [0, 0.1) is 13.8 Å². The van der Waals surface area contributed by atoms with Crippen molar-refractivity contribution in [1.29, 1.82) is 0 Å². The summed E-state index contributed by atoms with van der Waals surface area (Å²) < 4.78 is 0.976. The van der Waals surface area contributed by atoms with E-state index >= 15 is 0 Å². The van der Waals surface area contributed by atoms with E-state index in [0.717, 1.165) is 15.7 Å². The fraction of sp³-hybridized carbons (Fsp3) is 0.312. The van der Waals surface area contributed by atoms with Gasteiger partial charge in [0, 0.05) is 22.3 Å². The SMILES string of the molecule is Cc1nc(NC(C)C)cc(C(=O)Nc2ccc(Br)cc2C)n1. The maximum atomic E-state index is 12.4. The van der Waals surface area contributed by atoms with Crippen molar-refractivity contribution < 1.29 is 4.79 Å². The molecule has 2 aromatic rings. The zero-order valence-electron chi connectivity index (χ0n) is 13.1. The van der Waals surface area contributed by atoms with E-state index in [9.17, 15) is 4.79 Å². The Morgan fingerprint density at radius 2 is 1.91 bits per heavy atom. The predicted octanol–water partition coefficient (Wildman–Crippen LogP) is 3.93. The van der Waals surface area contributed by atoms with Crippen LogP contribution in [-0.4, -0.2) is 21.9 Å². The molecule has 0 saturated heterocycles. The third kappa shape index (κ3) is 4.27. The molecule has 0 aliphatic carbocycles. The number of benzene rings is 1. The van der Waals surface area contributed by atoms with E-state index in [-0.39, 0.29) is 11.9 Å². The average molecular weight is 363 g/mol. The van der Waals surface area contributed by atoms with Crippen LogP contribution in [0.3, 0.4) is 0 Å². The minimum absolute atomic E-state index is 0.235. The van der Waals surface area contributed by atoms with Crippen LogP contribution in [0.25, 0.3) is 0 Å². The Morgan fingerprint density at radius 1 is 1.18 bits per heavy atom. The Bertz CT molecular complexity index is 701. The van der Waals surface area contributed by atoms with Crippen LogP contribution in [0.5, 0.6) is 0 Å². The number of carbonyl (C=O) groups excluding carboxylic acids is 1. The van der Waals surface area contributed by atoms with E-state index in [1.807, 2.05) is 39.0 Å². The molecule has 2 N–H and O–H groups in total. The van der Waals surface area contributed by atoms with Gasteiger partial charge in [-0.15, -0.1) is 0 Å². The van der Waals surface area contributed by atoms with Crippen molar-refractivity contribution in [3.05, 3.63) is 45.8 Å². The Kier molecular flexibility index (Phi) is 5.13. The minimum Gasteiger partial charge on any atom is -0.368 e. The first-order chi connectivity index (χ1) is 10.3. The fourth-order valence-corrected chi connectivity index (χ4v) is 2.48. The van der Waals surface area contributed by atoms with Crippen molar-refractivity contribution in [2.45, 2.75) is 33.7 Å². The molecule has 0 radical (unpaired) electrons. The number of nitrogens with one attached hydrogen (secondary N) is 2. The highest BCUT2D eigenvalue weighted by Gasteiger charge is 2.12. The molecule has 22 heavy (non-hydrogen) atoms. The molecular formula is C16H19BrN4O. The Balaban J connectivity index is 2.23. The summed E-state index contributed by atoms with van der Waals surface area (Å²) in [6.07, 6.45) is 0. The van der Waals surface area contributed by atoms with Crippen LogP contribution in [0.1, 0.15) is 35.7 Å².